The topological polar surface area (TPSA) is 191 Å². The third kappa shape index (κ3) is 7.08. The smallest absolute Gasteiger partial charge is 0.278 e. The second kappa shape index (κ2) is 15.1. The molecular formula is C43H45N11O6. The number of aliphatic hydroxyl groups is 1. The Labute approximate surface area is 344 Å². The van der Waals surface area contributed by atoms with Gasteiger partial charge in [0.2, 0.25) is 17.8 Å². The zero-order valence-corrected chi connectivity index (χ0v) is 33.4. The number of nitrogens with zero attached hydrogens (tertiary/aromatic N) is 9. The van der Waals surface area contributed by atoms with Crippen LogP contribution in [0.15, 0.2) is 84.3 Å². The molecule has 3 aromatic heterocycles. The molecule has 5 aromatic rings. The Morgan fingerprint density at radius 1 is 0.900 bits per heavy atom. The summed E-state index contributed by atoms with van der Waals surface area (Å²) in [7, 11) is 0. The molecule has 4 amide bonds. The maximum absolute atomic E-state index is 13.4. The largest absolute Gasteiger partial charge is 0.384 e. The van der Waals surface area contributed by atoms with Gasteiger partial charge in [0.05, 0.1) is 23.4 Å². The van der Waals surface area contributed by atoms with Crippen LogP contribution in [0.3, 0.4) is 0 Å². The molecule has 0 aliphatic carbocycles. The molecule has 3 saturated heterocycles. The summed E-state index contributed by atoms with van der Waals surface area (Å²) in [6.45, 7) is 13.6. The number of piperidine rings is 1. The van der Waals surface area contributed by atoms with Crippen LogP contribution in [-0.2, 0) is 21.7 Å². The Morgan fingerprint density at radius 3 is 2.35 bits per heavy atom. The molecule has 60 heavy (non-hydrogen) atoms. The number of aromatic nitrogens is 5. The highest BCUT2D eigenvalue weighted by Crippen LogP contribution is 2.33. The van der Waals surface area contributed by atoms with Gasteiger partial charge in [-0.3, -0.25) is 39.1 Å². The average molecular weight is 812 g/mol. The summed E-state index contributed by atoms with van der Waals surface area (Å²) in [5.41, 5.74) is 2.74. The monoisotopic (exact) mass is 811 g/mol. The Hall–Kier alpha value is -6.72. The SMILES string of the molecule is C=CCn1c(=O)c2cnc(Nc3ccc(N4CCN(CC5CN(c6ccc7c(c6)C(=O)N(C6CCC(=O)NC6=O)C7=O)C5)CC4)cc3)nc2n1-c1cccc(C(C)(C)O)n1. The maximum atomic E-state index is 13.4. The van der Waals surface area contributed by atoms with Crippen LogP contribution >= 0.6 is 0 Å². The van der Waals surface area contributed by atoms with Crippen molar-refractivity contribution in [2.75, 3.05) is 60.9 Å². The van der Waals surface area contributed by atoms with Gasteiger partial charge in [0.25, 0.3) is 17.4 Å². The number of fused-ring (bicyclic) bond motifs is 2. The van der Waals surface area contributed by atoms with Gasteiger partial charge in [0, 0.05) is 81.4 Å². The van der Waals surface area contributed by atoms with Crippen molar-refractivity contribution in [2.24, 2.45) is 5.92 Å². The number of allylic oxidation sites excluding steroid dienone is 1. The van der Waals surface area contributed by atoms with Crippen LogP contribution in [0.4, 0.5) is 23.0 Å². The minimum Gasteiger partial charge on any atom is -0.384 e. The van der Waals surface area contributed by atoms with Crippen LogP contribution in [0.25, 0.3) is 16.9 Å². The van der Waals surface area contributed by atoms with Gasteiger partial charge in [-0.1, -0.05) is 12.1 Å². The summed E-state index contributed by atoms with van der Waals surface area (Å²) in [6, 6.07) is 17.7. The van der Waals surface area contributed by atoms with Gasteiger partial charge >= 0.3 is 0 Å². The van der Waals surface area contributed by atoms with Crippen molar-refractivity contribution in [3.8, 4) is 5.82 Å². The standard InChI is InChI=1S/C43H45N11O6/c1-4-16-52-39(57)32-22-44-42(48-37(32)54(52)35-7-5-6-34(46-35)43(2,3)60)45-27-8-10-28(11-9-27)50-19-17-49(18-20-50)23-26-24-51(25-26)29-12-13-30-31(21-29)41(59)53(40(30)58)33-14-15-36(55)47-38(33)56/h4-13,21-22,26,33,60H,1,14-20,23-25H2,2-3H3,(H,44,45,48)(H,47,55,56). The first kappa shape index (κ1) is 38.8. The molecule has 4 aliphatic rings. The van der Waals surface area contributed by atoms with E-state index in [4.69, 9.17) is 4.98 Å². The van der Waals surface area contributed by atoms with Gasteiger partial charge in [-0.15, -0.1) is 6.58 Å². The summed E-state index contributed by atoms with van der Waals surface area (Å²) < 4.78 is 3.13. The number of nitrogens with one attached hydrogen (secondary N) is 2. The zero-order valence-electron chi connectivity index (χ0n) is 33.4. The lowest BCUT2D eigenvalue weighted by molar-refractivity contribution is -0.136. The number of imide groups is 2. The van der Waals surface area contributed by atoms with Crippen molar-refractivity contribution < 1.29 is 24.3 Å². The lowest BCUT2D eigenvalue weighted by Gasteiger charge is -2.45. The third-order valence-electron chi connectivity index (χ3n) is 11.7. The molecule has 4 aliphatic heterocycles. The van der Waals surface area contributed by atoms with Crippen molar-refractivity contribution in [2.45, 2.75) is 44.9 Å². The number of piperazine rings is 1. The maximum Gasteiger partial charge on any atom is 0.278 e. The second-order valence-corrected chi connectivity index (χ2v) is 16.3. The minimum atomic E-state index is -1.18. The molecular weight excluding hydrogens is 767 g/mol. The van der Waals surface area contributed by atoms with Crippen LogP contribution in [0.1, 0.15) is 53.1 Å². The molecule has 3 N–H and O–H groups in total. The predicted octanol–water partition coefficient (Wildman–Crippen LogP) is 2.79. The molecule has 1 atom stereocenters. The fourth-order valence-corrected chi connectivity index (χ4v) is 8.48. The lowest BCUT2D eigenvalue weighted by atomic mass is 9.97. The number of carbonyl (C=O) groups is 4. The van der Waals surface area contributed by atoms with E-state index in [-0.39, 0.29) is 30.5 Å². The van der Waals surface area contributed by atoms with E-state index in [1.165, 1.54) is 10.9 Å². The van der Waals surface area contributed by atoms with Crippen molar-refractivity contribution in [1.29, 1.82) is 0 Å². The molecule has 0 radical (unpaired) electrons. The van der Waals surface area contributed by atoms with E-state index in [0.29, 0.717) is 40.0 Å². The summed E-state index contributed by atoms with van der Waals surface area (Å²) in [5.74, 6) is -0.780. The summed E-state index contributed by atoms with van der Waals surface area (Å²) in [6.07, 6.45) is 3.35. The molecule has 3 fully saturated rings. The summed E-state index contributed by atoms with van der Waals surface area (Å²) in [4.78, 5) is 85.7. The number of carbonyl (C=O) groups excluding carboxylic acids is 4. The minimum absolute atomic E-state index is 0.0857. The van der Waals surface area contributed by atoms with E-state index >= 15 is 0 Å². The molecule has 17 heteroatoms. The Balaban J connectivity index is 0.792. The normalized spacial score (nSPS) is 18.9. The Kier molecular flexibility index (Phi) is 9.79. The van der Waals surface area contributed by atoms with Crippen LogP contribution in [0.5, 0.6) is 0 Å². The highest BCUT2D eigenvalue weighted by Gasteiger charge is 2.45. The number of benzene rings is 2. The van der Waals surface area contributed by atoms with Crippen LogP contribution in [0.2, 0.25) is 0 Å². The van der Waals surface area contributed by atoms with Gasteiger partial charge in [0.1, 0.15) is 17.0 Å². The first-order valence-corrected chi connectivity index (χ1v) is 20.1. The highest BCUT2D eigenvalue weighted by molar-refractivity contribution is 6.23. The molecule has 1 unspecified atom stereocenters. The fraction of sp³-hybridized carbons (Fsp3) is 0.349. The van der Waals surface area contributed by atoms with Crippen molar-refractivity contribution in [3.05, 3.63) is 107 Å². The number of hydrogen-bond acceptors (Lipinski definition) is 13. The second-order valence-electron chi connectivity index (χ2n) is 16.3. The number of hydrogen-bond donors (Lipinski definition) is 3. The van der Waals surface area contributed by atoms with Crippen molar-refractivity contribution >= 4 is 57.7 Å². The Bertz CT molecular complexity index is 2620. The quantitative estimate of drug-likeness (QED) is 0.131. The van der Waals surface area contributed by atoms with Gasteiger partial charge in [-0.25, -0.2) is 19.3 Å². The Morgan fingerprint density at radius 2 is 1.63 bits per heavy atom. The van der Waals surface area contributed by atoms with Gasteiger partial charge < -0.3 is 20.2 Å². The molecule has 2 aromatic carbocycles. The van der Waals surface area contributed by atoms with Gasteiger partial charge in [-0.05, 0) is 74.9 Å². The first-order chi connectivity index (χ1) is 28.9. The highest BCUT2D eigenvalue weighted by atomic mass is 16.3. The van der Waals surface area contributed by atoms with Crippen molar-refractivity contribution in [3.63, 3.8) is 0 Å². The predicted molar refractivity (Wildman–Crippen MR) is 224 cm³/mol. The molecule has 0 bridgehead atoms. The number of rotatable bonds is 11. The number of amides is 4. The molecule has 0 saturated carbocycles. The van der Waals surface area contributed by atoms with Crippen LogP contribution in [-0.4, -0.2) is 115 Å². The molecule has 17 nitrogen and oxygen atoms in total. The molecule has 7 heterocycles. The number of anilines is 4. The van der Waals surface area contributed by atoms with Gasteiger partial charge in [-0.2, -0.15) is 4.98 Å². The first-order valence-electron chi connectivity index (χ1n) is 20.1. The molecule has 0 spiro atoms. The summed E-state index contributed by atoms with van der Waals surface area (Å²) >= 11 is 0. The van der Waals surface area contributed by atoms with E-state index in [1.54, 1.807) is 54.9 Å². The van der Waals surface area contributed by atoms with E-state index in [2.05, 4.69) is 54.0 Å². The van der Waals surface area contributed by atoms with Gasteiger partial charge in [0.15, 0.2) is 11.5 Å². The van der Waals surface area contributed by atoms with E-state index in [1.807, 2.05) is 18.2 Å². The van der Waals surface area contributed by atoms with E-state index < -0.39 is 35.3 Å². The van der Waals surface area contributed by atoms with Crippen molar-refractivity contribution in [1.82, 2.24) is 39.4 Å². The molecule has 308 valence electrons. The summed E-state index contributed by atoms with van der Waals surface area (Å²) in [5, 5.41) is 16.4. The van der Waals surface area contributed by atoms with Crippen LogP contribution < -0.4 is 26.0 Å². The fourth-order valence-electron chi connectivity index (χ4n) is 8.48. The number of pyridine rings is 1. The molecule has 9 rings (SSSR count). The van der Waals surface area contributed by atoms with E-state index in [9.17, 15) is 29.1 Å². The zero-order chi connectivity index (χ0) is 41.9. The lowest BCUT2D eigenvalue weighted by Crippen LogP contribution is -2.55. The third-order valence-corrected chi connectivity index (χ3v) is 11.7. The van der Waals surface area contributed by atoms with E-state index in [0.717, 1.165) is 67.8 Å². The van der Waals surface area contributed by atoms with Crippen LogP contribution in [0, 0.1) is 5.92 Å². The average Bonchev–Trinajstić information content (AvgIpc) is 3.63.